The molecule has 0 amide bonds. The standard InChI is InChI=1S/C22H44O2/c1-3-4-5-6-7-8-9-10-11-12-13-14-15-16-19-24-22-18-17-20-23-21(22)2/h21-22H,3-20H2,1-2H3. The lowest BCUT2D eigenvalue weighted by molar-refractivity contribution is -0.0974. The van der Waals surface area contributed by atoms with Gasteiger partial charge in [0.15, 0.2) is 0 Å². The van der Waals surface area contributed by atoms with E-state index < -0.39 is 0 Å². The molecule has 24 heavy (non-hydrogen) atoms. The summed E-state index contributed by atoms with van der Waals surface area (Å²) in [4.78, 5) is 0. The summed E-state index contributed by atoms with van der Waals surface area (Å²) in [6, 6.07) is 0. The molecule has 0 aromatic heterocycles. The van der Waals surface area contributed by atoms with Gasteiger partial charge in [0, 0.05) is 13.2 Å². The highest BCUT2D eigenvalue weighted by Gasteiger charge is 2.21. The molecule has 0 spiro atoms. The van der Waals surface area contributed by atoms with Crippen LogP contribution in [0.2, 0.25) is 0 Å². The van der Waals surface area contributed by atoms with E-state index in [1.165, 1.54) is 96.3 Å². The number of rotatable bonds is 16. The first kappa shape index (κ1) is 22.0. The minimum absolute atomic E-state index is 0.297. The Bertz CT molecular complexity index is 254. The zero-order chi connectivity index (χ0) is 17.3. The predicted octanol–water partition coefficient (Wildman–Crippen LogP) is 7.05. The van der Waals surface area contributed by atoms with Crippen molar-refractivity contribution < 1.29 is 9.47 Å². The fourth-order valence-corrected chi connectivity index (χ4v) is 3.65. The highest BCUT2D eigenvalue weighted by Crippen LogP contribution is 2.17. The van der Waals surface area contributed by atoms with Crippen molar-refractivity contribution in [1.82, 2.24) is 0 Å². The highest BCUT2D eigenvalue weighted by atomic mass is 16.5. The molecule has 0 aliphatic carbocycles. The molecule has 2 heteroatoms. The second-order valence-corrected chi connectivity index (χ2v) is 7.72. The van der Waals surface area contributed by atoms with Gasteiger partial charge in [-0.25, -0.2) is 0 Å². The Kier molecular flexibility index (Phi) is 15.0. The lowest BCUT2D eigenvalue weighted by Crippen LogP contribution is -2.34. The lowest BCUT2D eigenvalue weighted by Gasteiger charge is -2.29. The quantitative estimate of drug-likeness (QED) is 0.280. The molecular weight excluding hydrogens is 296 g/mol. The zero-order valence-electron chi connectivity index (χ0n) is 16.7. The molecule has 144 valence electrons. The second kappa shape index (κ2) is 16.4. The van der Waals surface area contributed by atoms with E-state index in [1.807, 2.05) is 0 Å². The second-order valence-electron chi connectivity index (χ2n) is 7.72. The highest BCUT2D eigenvalue weighted by molar-refractivity contribution is 4.70. The van der Waals surface area contributed by atoms with Gasteiger partial charge in [0.25, 0.3) is 0 Å². The van der Waals surface area contributed by atoms with Gasteiger partial charge in [0.1, 0.15) is 0 Å². The van der Waals surface area contributed by atoms with Gasteiger partial charge in [-0.05, 0) is 26.2 Å². The summed E-state index contributed by atoms with van der Waals surface area (Å²) < 4.78 is 11.6. The molecule has 0 bridgehead atoms. The van der Waals surface area contributed by atoms with Crippen molar-refractivity contribution in [2.24, 2.45) is 0 Å². The van der Waals surface area contributed by atoms with Crippen molar-refractivity contribution in [3.63, 3.8) is 0 Å². The van der Waals surface area contributed by atoms with Crippen LogP contribution < -0.4 is 0 Å². The van der Waals surface area contributed by atoms with Crippen molar-refractivity contribution in [3.8, 4) is 0 Å². The van der Waals surface area contributed by atoms with Crippen molar-refractivity contribution >= 4 is 0 Å². The molecular formula is C22H44O2. The average molecular weight is 341 g/mol. The smallest absolute Gasteiger partial charge is 0.0834 e. The van der Waals surface area contributed by atoms with Gasteiger partial charge in [-0.15, -0.1) is 0 Å². The molecule has 1 aliphatic rings. The molecule has 2 atom stereocenters. The topological polar surface area (TPSA) is 18.5 Å². The maximum atomic E-state index is 5.98. The van der Waals surface area contributed by atoms with Crippen LogP contribution in [0.3, 0.4) is 0 Å². The van der Waals surface area contributed by atoms with Crippen LogP contribution in [0, 0.1) is 0 Å². The van der Waals surface area contributed by atoms with Crippen LogP contribution in [0.25, 0.3) is 0 Å². The molecule has 0 radical (unpaired) electrons. The first-order valence-corrected chi connectivity index (χ1v) is 11.1. The number of hydrogen-bond donors (Lipinski definition) is 0. The number of ether oxygens (including phenoxy) is 2. The molecule has 0 aromatic rings. The minimum atomic E-state index is 0.297. The summed E-state index contributed by atoms with van der Waals surface area (Å²) in [5.41, 5.74) is 0. The maximum Gasteiger partial charge on any atom is 0.0834 e. The third-order valence-electron chi connectivity index (χ3n) is 5.37. The van der Waals surface area contributed by atoms with Gasteiger partial charge in [-0.1, -0.05) is 90.4 Å². The summed E-state index contributed by atoms with van der Waals surface area (Å²) in [6.07, 6.45) is 22.8. The van der Waals surface area contributed by atoms with Gasteiger partial charge in [0.2, 0.25) is 0 Å². The fraction of sp³-hybridized carbons (Fsp3) is 1.00. The average Bonchev–Trinajstić information content (AvgIpc) is 2.60. The Labute approximate surface area is 152 Å². The Morgan fingerprint density at radius 1 is 0.750 bits per heavy atom. The Hall–Kier alpha value is -0.0800. The van der Waals surface area contributed by atoms with Crippen molar-refractivity contribution in [2.45, 2.75) is 129 Å². The van der Waals surface area contributed by atoms with Gasteiger partial charge in [-0.3, -0.25) is 0 Å². The molecule has 0 N–H and O–H groups in total. The molecule has 0 saturated carbocycles. The maximum absolute atomic E-state index is 5.98. The Balaban J connectivity index is 1.72. The van der Waals surface area contributed by atoms with E-state index in [-0.39, 0.29) is 0 Å². The summed E-state index contributed by atoms with van der Waals surface area (Å²) in [5.74, 6) is 0. The monoisotopic (exact) mass is 340 g/mol. The largest absolute Gasteiger partial charge is 0.376 e. The van der Waals surface area contributed by atoms with Gasteiger partial charge >= 0.3 is 0 Å². The van der Waals surface area contributed by atoms with Crippen LogP contribution in [0.4, 0.5) is 0 Å². The summed E-state index contributed by atoms with van der Waals surface area (Å²) in [7, 11) is 0. The van der Waals surface area contributed by atoms with Crippen LogP contribution in [0.1, 0.15) is 117 Å². The van der Waals surface area contributed by atoms with Crippen LogP contribution in [-0.4, -0.2) is 25.4 Å². The molecule has 0 aromatic carbocycles. The first-order chi connectivity index (χ1) is 11.8. The van der Waals surface area contributed by atoms with Crippen LogP contribution in [-0.2, 0) is 9.47 Å². The minimum Gasteiger partial charge on any atom is -0.376 e. The molecule has 1 rings (SSSR count). The van der Waals surface area contributed by atoms with E-state index >= 15 is 0 Å². The SMILES string of the molecule is CCCCCCCCCCCCCCCCOC1CCCOC1C. The number of hydrogen-bond acceptors (Lipinski definition) is 2. The summed E-state index contributed by atoms with van der Waals surface area (Å²) in [6.45, 7) is 6.28. The van der Waals surface area contributed by atoms with Crippen LogP contribution in [0.5, 0.6) is 0 Å². The van der Waals surface area contributed by atoms with Crippen molar-refractivity contribution in [2.75, 3.05) is 13.2 Å². The third kappa shape index (κ3) is 12.3. The summed E-state index contributed by atoms with van der Waals surface area (Å²) >= 11 is 0. The molecule has 2 nitrogen and oxygen atoms in total. The Morgan fingerprint density at radius 2 is 1.25 bits per heavy atom. The van der Waals surface area contributed by atoms with E-state index in [1.54, 1.807) is 0 Å². The zero-order valence-corrected chi connectivity index (χ0v) is 16.7. The van der Waals surface area contributed by atoms with Gasteiger partial charge in [0.05, 0.1) is 12.2 Å². The summed E-state index contributed by atoms with van der Waals surface area (Å²) in [5, 5.41) is 0. The Morgan fingerprint density at radius 3 is 1.75 bits per heavy atom. The van der Waals surface area contributed by atoms with Crippen LogP contribution >= 0.6 is 0 Å². The van der Waals surface area contributed by atoms with Gasteiger partial charge < -0.3 is 9.47 Å². The van der Waals surface area contributed by atoms with E-state index in [0.717, 1.165) is 19.6 Å². The van der Waals surface area contributed by atoms with Crippen molar-refractivity contribution in [1.29, 1.82) is 0 Å². The predicted molar refractivity (Wildman–Crippen MR) is 105 cm³/mol. The first-order valence-electron chi connectivity index (χ1n) is 11.1. The third-order valence-corrected chi connectivity index (χ3v) is 5.37. The molecule has 1 fully saturated rings. The van der Waals surface area contributed by atoms with E-state index in [4.69, 9.17) is 9.47 Å². The van der Waals surface area contributed by atoms with E-state index in [0.29, 0.717) is 12.2 Å². The molecule has 1 saturated heterocycles. The fourth-order valence-electron chi connectivity index (χ4n) is 3.65. The lowest BCUT2D eigenvalue weighted by atomic mass is 10.0. The van der Waals surface area contributed by atoms with E-state index in [2.05, 4.69) is 13.8 Å². The van der Waals surface area contributed by atoms with E-state index in [9.17, 15) is 0 Å². The van der Waals surface area contributed by atoms with Crippen LogP contribution in [0.15, 0.2) is 0 Å². The van der Waals surface area contributed by atoms with Crippen molar-refractivity contribution in [3.05, 3.63) is 0 Å². The molecule has 1 aliphatic heterocycles. The number of unbranched alkanes of at least 4 members (excludes halogenated alkanes) is 13. The normalized spacial score (nSPS) is 21.2. The molecule has 2 unspecified atom stereocenters. The van der Waals surface area contributed by atoms with Gasteiger partial charge in [-0.2, -0.15) is 0 Å². The molecule has 1 heterocycles.